The van der Waals surface area contributed by atoms with Crippen LogP contribution >= 0.6 is 0 Å². The Morgan fingerprint density at radius 2 is 1.93 bits per heavy atom. The Bertz CT molecular complexity index is 1190. The number of fused-ring (bicyclic) bond motifs is 1. The molecule has 7 heteroatoms. The lowest BCUT2D eigenvalue weighted by molar-refractivity contribution is 0.101. The highest BCUT2D eigenvalue weighted by Gasteiger charge is 2.12. The number of rotatable bonds is 4. The summed E-state index contributed by atoms with van der Waals surface area (Å²) in [6, 6.07) is 16.4. The molecule has 0 unspecified atom stereocenters. The summed E-state index contributed by atoms with van der Waals surface area (Å²) in [5.74, 6) is 0.238. The van der Waals surface area contributed by atoms with E-state index in [0.29, 0.717) is 23.3 Å². The van der Waals surface area contributed by atoms with Gasteiger partial charge in [-0.25, -0.2) is 5.10 Å². The molecule has 27 heavy (non-hydrogen) atoms. The molecule has 4 aromatic rings. The van der Waals surface area contributed by atoms with Gasteiger partial charge in [-0.05, 0) is 30.7 Å². The van der Waals surface area contributed by atoms with Gasteiger partial charge in [0.15, 0.2) is 5.69 Å². The van der Waals surface area contributed by atoms with Crippen molar-refractivity contribution in [2.45, 2.75) is 13.3 Å². The number of nitrogens with one attached hydrogen (secondary N) is 2. The van der Waals surface area contributed by atoms with Crippen molar-refractivity contribution < 1.29 is 9.32 Å². The average molecular weight is 360 g/mol. The van der Waals surface area contributed by atoms with Crippen LogP contribution in [0.2, 0.25) is 0 Å². The maximum atomic E-state index is 12.2. The highest BCUT2D eigenvalue weighted by atomic mass is 16.5. The minimum atomic E-state index is -0.336. The van der Waals surface area contributed by atoms with E-state index in [-0.39, 0.29) is 17.2 Å². The van der Waals surface area contributed by atoms with E-state index in [4.69, 9.17) is 4.52 Å². The lowest BCUT2D eigenvalue weighted by atomic mass is 10.0. The third-order valence-corrected chi connectivity index (χ3v) is 4.19. The fourth-order valence-electron chi connectivity index (χ4n) is 2.93. The Labute approximate surface area is 154 Å². The molecule has 1 amide bonds. The second-order valence-corrected chi connectivity index (χ2v) is 6.20. The normalized spacial score (nSPS) is 10.9. The zero-order chi connectivity index (χ0) is 18.8. The highest BCUT2D eigenvalue weighted by Crippen LogP contribution is 2.19. The molecule has 0 aliphatic rings. The summed E-state index contributed by atoms with van der Waals surface area (Å²) in [5, 5.41) is 14.7. The van der Waals surface area contributed by atoms with Gasteiger partial charge in [0.1, 0.15) is 5.76 Å². The number of carbonyl (C=O) groups is 1. The quantitative estimate of drug-likeness (QED) is 0.582. The zero-order valence-electron chi connectivity index (χ0n) is 14.5. The molecular weight excluding hydrogens is 344 g/mol. The number of aromatic nitrogens is 3. The largest absolute Gasteiger partial charge is 0.361 e. The van der Waals surface area contributed by atoms with Crippen LogP contribution in [0, 0.1) is 6.92 Å². The first kappa shape index (κ1) is 16.7. The molecule has 2 N–H and O–H groups in total. The first-order valence-corrected chi connectivity index (χ1v) is 8.40. The molecule has 0 saturated carbocycles. The second kappa shape index (κ2) is 6.87. The van der Waals surface area contributed by atoms with E-state index in [1.54, 1.807) is 25.1 Å². The van der Waals surface area contributed by atoms with Crippen LogP contribution < -0.4 is 10.9 Å². The third kappa shape index (κ3) is 3.48. The Kier molecular flexibility index (Phi) is 4.25. The summed E-state index contributed by atoms with van der Waals surface area (Å²) >= 11 is 0. The number of carbonyl (C=O) groups excluding carboxylic acids is 1. The van der Waals surface area contributed by atoms with Gasteiger partial charge < -0.3 is 9.84 Å². The summed E-state index contributed by atoms with van der Waals surface area (Å²) in [6.07, 6.45) is 0.518. The van der Waals surface area contributed by atoms with Crippen molar-refractivity contribution in [2.24, 2.45) is 0 Å². The number of amides is 1. The zero-order valence-corrected chi connectivity index (χ0v) is 14.5. The molecule has 0 atom stereocenters. The van der Waals surface area contributed by atoms with Crippen LogP contribution in [0.5, 0.6) is 0 Å². The van der Waals surface area contributed by atoms with Crippen molar-refractivity contribution in [3.05, 3.63) is 87.7 Å². The molecule has 0 aliphatic carbocycles. The van der Waals surface area contributed by atoms with Crippen LogP contribution in [0.4, 0.5) is 5.69 Å². The fraction of sp³-hybridized carbons (Fsp3) is 0.100. The molecule has 0 fully saturated rings. The number of aromatic amines is 1. The highest BCUT2D eigenvalue weighted by molar-refractivity contribution is 6.02. The molecule has 2 heterocycles. The minimum absolute atomic E-state index is 0.210. The van der Waals surface area contributed by atoms with Gasteiger partial charge in [-0.15, -0.1) is 0 Å². The van der Waals surface area contributed by atoms with E-state index in [1.807, 2.05) is 36.4 Å². The van der Waals surface area contributed by atoms with Crippen molar-refractivity contribution in [1.29, 1.82) is 0 Å². The number of benzene rings is 2. The lowest BCUT2D eigenvalue weighted by Gasteiger charge is -2.08. The van der Waals surface area contributed by atoms with Crippen LogP contribution in [-0.2, 0) is 6.42 Å². The van der Waals surface area contributed by atoms with Crippen LogP contribution in [0.25, 0.3) is 10.8 Å². The summed E-state index contributed by atoms with van der Waals surface area (Å²) in [7, 11) is 0. The Balaban J connectivity index is 1.59. The Morgan fingerprint density at radius 3 is 2.70 bits per heavy atom. The van der Waals surface area contributed by atoms with Gasteiger partial charge in [0.25, 0.3) is 11.5 Å². The van der Waals surface area contributed by atoms with Crippen molar-refractivity contribution in [2.75, 3.05) is 5.32 Å². The van der Waals surface area contributed by atoms with Crippen LogP contribution in [0.1, 0.15) is 27.5 Å². The van der Waals surface area contributed by atoms with Crippen LogP contribution in [-0.4, -0.2) is 21.3 Å². The predicted molar refractivity (Wildman–Crippen MR) is 101 cm³/mol. The molecule has 2 aromatic heterocycles. The number of aryl methyl sites for hydroxylation is 1. The smallest absolute Gasteiger partial charge is 0.277 e. The van der Waals surface area contributed by atoms with Gasteiger partial charge in [0, 0.05) is 23.6 Å². The van der Waals surface area contributed by atoms with E-state index in [0.717, 1.165) is 16.6 Å². The number of nitrogens with zero attached hydrogens (tertiary/aromatic N) is 2. The monoisotopic (exact) mass is 360 g/mol. The first-order chi connectivity index (χ1) is 13.1. The number of hydrogen-bond acceptors (Lipinski definition) is 5. The summed E-state index contributed by atoms with van der Waals surface area (Å²) in [6.45, 7) is 1.73. The maximum absolute atomic E-state index is 12.2. The van der Waals surface area contributed by atoms with Crippen molar-refractivity contribution in [3.63, 3.8) is 0 Å². The summed E-state index contributed by atoms with van der Waals surface area (Å²) in [4.78, 5) is 24.1. The maximum Gasteiger partial charge on any atom is 0.277 e. The molecular formula is C20H16N4O3. The average Bonchev–Trinajstić information content (AvgIpc) is 3.11. The van der Waals surface area contributed by atoms with E-state index in [9.17, 15) is 9.59 Å². The van der Waals surface area contributed by atoms with Crippen molar-refractivity contribution >= 4 is 22.4 Å². The predicted octanol–water partition coefficient (Wildman–Crippen LogP) is 3.06. The van der Waals surface area contributed by atoms with Gasteiger partial charge in [-0.3, -0.25) is 9.59 Å². The topological polar surface area (TPSA) is 101 Å². The molecule has 7 nitrogen and oxygen atoms in total. The van der Waals surface area contributed by atoms with E-state index < -0.39 is 0 Å². The molecule has 2 aromatic carbocycles. The Hall–Kier alpha value is -3.74. The first-order valence-electron chi connectivity index (χ1n) is 8.40. The van der Waals surface area contributed by atoms with E-state index in [2.05, 4.69) is 20.7 Å². The lowest BCUT2D eigenvalue weighted by Crippen LogP contribution is -2.13. The second-order valence-electron chi connectivity index (χ2n) is 6.20. The molecule has 0 radical (unpaired) electrons. The van der Waals surface area contributed by atoms with Crippen LogP contribution in [0.15, 0.2) is 63.9 Å². The van der Waals surface area contributed by atoms with E-state index >= 15 is 0 Å². The van der Waals surface area contributed by atoms with Gasteiger partial charge in [0.05, 0.1) is 11.1 Å². The number of hydrogen-bond donors (Lipinski definition) is 2. The minimum Gasteiger partial charge on any atom is -0.361 e. The van der Waals surface area contributed by atoms with Gasteiger partial charge >= 0.3 is 0 Å². The molecule has 0 saturated heterocycles. The van der Waals surface area contributed by atoms with Gasteiger partial charge in [-0.2, -0.15) is 5.10 Å². The standard InChI is InChI=1S/C20H16N4O3/c1-12-9-18(24-27-12)20(26)21-14-6-4-5-13(10-14)11-17-15-7-2-3-8-16(15)19(25)23-22-17/h2-10H,11H2,1H3,(H,21,26)(H,23,25). The summed E-state index contributed by atoms with van der Waals surface area (Å²) in [5.41, 5.74) is 2.38. The SMILES string of the molecule is Cc1cc(C(=O)Nc2cccc(Cc3n[nH]c(=O)c4ccccc34)c2)no1. The molecule has 0 spiro atoms. The van der Waals surface area contributed by atoms with Crippen molar-refractivity contribution in [3.8, 4) is 0 Å². The Morgan fingerprint density at radius 1 is 1.11 bits per heavy atom. The molecule has 134 valence electrons. The van der Waals surface area contributed by atoms with Gasteiger partial charge in [-0.1, -0.05) is 35.5 Å². The third-order valence-electron chi connectivity index (χ3n) is 4.19. The number of H-pyrrole nitrogens is 1. The van der Waals surface area contributed by atoms with Crippen LogP contribution in [0.3, 0.4) is 0 Å². The van der Waals surface area contributed by atoms with E-state index in [1.165, 1.54) is 0 Å². The van der Waals surface area contributed by atoms with Gasteiger partial charge in [0.2, 0.25) is 0 Å². The molecule has 0 bridgehead atoms. The molecule has 4 rings (SSSR count). The summed E-state index contributed by atoms with van der Waals surface area (Å²) < 4.78 is 4.93. The fourth-order valence-corrected chi connectivity index (χ4v) is 2.93. The van der Waals surface area contributed by atoms with Crippen molar-refractivity contribution in [1.82, 2.24) is 15.4 Å². The molecule has 0 aliphatic heterocycles. The number of anilines is 1.